The van der Waals surface area contributed by atoms with Gasteiger partial charge in [-0.05, 0) is 29.2 Å². The third kappa shape index (κ3) is 3.34. The summed E-state index contributed by atoms with van der Waals surface area (Å²) >= 11 is 6.21. The van der Waals surface area contributed by atoms with Crippen molar-refractivity contribution in [2.24, 2.45) is 5.92 Å². The summed E-state index contributed by atoms with van der Waals surface area (Å²) in [5, 5.41) is 0.655. The maximum absolute atomic E-state index is 12.9. The number of likely N-dealkylation sites (tertiary alicyclic amines) is 1. The maximum Gasteiger partial charge on any atom is 0.228 e. The predicted octanol–water partition coefficient (Wildman–Crippen LogP) is 3.27. The van der Waals surface area contributed by atoms with Gasteiger partial charge in [0.25, 0.3) is 0 Å². The van der Waals surface area contributed by atoms with Crippen LogP contribution in [0.1, 0.15) is 23.1 Å². The van der Waals surface area contributed by atoms with Gasteiger partial charge in [0.15, 0.2) is 0 Å². The van der Waals surface area contributed by atoms with E-state index in [9.17, 15) is 9.59 Å². The van der Waals surface area contributed by atoms with Crippen LogP contribution in [0.2, 0.25) is 5.02 Å². The lowest BCUT2D eigenvalue weighted by molar-refractivity contribution is -0.136. The van der Waals surface area contributed by atoms with Gasteiger partial charge in [-0.25, -0.2) is 0 Å². The fourth-order valence-electron chi connectivity index (χ4n) is 3.86. The van der Waals surface area contributed by atoms with Crippen LogP contribution in [0.4, 0.5) is 0 Å². The first-order valence-electron chi connectivity index (χ1n) is 8.98. The minimum Gasteiger partial charge on any atom is -0.338 e. The molecule has 2 heterocycles. The summed E-state index contributed by atoms with van der Waals surface area (Å²) in [6.07, 6.45) is 1.17. The monoisotopic (exact) mass is 368 g/mol. The van der Waals surface area contributed by atoms with Crippen LogP contribution in [-0.2, 0) is 29.1 Å². The summed E-state index contributed by atoms with van der Waals surface area (Å²) in [7, 11) is 0. The molecule has 2 aliphatic rings. The highest BCUT2D eigenvalue weighted by Gasteiger charge is 2.37. The van der Waals surface area contributed by atoms with Crippen LogP contribution in [0, 0.1) is 5.92 Å². The van der Waals surface area contributed by atoms with E-state index >= 15 is 0 Å². The Balaban J connectivity index is 1.42. The Kier molecular flexibility index (Phi) is 4.68. The molecule has 1 atom stereocenters. The van der Waals surface area contributed by atoms with Gasteiger partial charge in [0.2, 0.25) is 11.8 Å². The van der Waals surface area contributed by atoms with Crippen molar-refractivity contribution in [3.63, 3.8) is 0 Å². The van der Waals surface area contributed by atoms with Crippen molar-refractivity contribution in [2.75, 3.05) is 13.1 Å². The SMILES string of the molecule is O=C1CC(C(=O)N2CCc3ccccc3C2)CN1Cc1ccccc1Cl. The molecule has 0 radical (unpaired) electrons. The molecular formula is C21H21ClN2O2. The van der Waals surface area contributed by atoms with E-state index in [2.05, 4.69) is 12.1 Å². The molecule has 5 heteroatoms. The second-order valence-electron chi connectivity index (χ2n) is 7.05. The minimum atomic E-state index is -0.254. The smallest absolute Gasteiger partial charge is 0.228 e. The molecule has 4 rings (SSSR count). The Hall–Kier alpha value is -2.33. The second kappa shape index (κ2) is 7.12. The third-order valence-electron chi connectivity index (χ3n) is 5.33. The fourth-order valence-corrected chi connectivity index (χ4v) is 4.06. The van der Waals surface area contributed by atoms with E-state index in [1.807, 2.05) is 41.3 Å². The van der Waals surface area contributed by atoms with Gasteiger partial charge in [-0.2, -0.15) is 0 Å². The first kappa shape index (κ1) is 17.1. The van der Waals surface area contributed by atoms with Gasteiger partial charge in [-0.15, -0.1) is 0 Å². The predicted molar refractivity (Wildman–Crippen MR) is 101 cm³/mol. The van der Waals surface area contributed by atoms with Gasteiger partial charge in [0, 0.05) is 37.6 Å². The maximum atomic E-state index is 12.9. The van der Waals surface area contributed by atoms with Crippen molar-refractivity contribution in [2.45, 2.75) is 25.9 Å². The van der Waals surface area contributed by atoms with Crippen molar-refractivity contribution >= 4 is 23.4 Å². The van der Waals surface area contributed by atoms with Gasteiger partial charge >= 0.3 is 0 Å². The Morgan fingerprint density at radius 3 is 2.62 bits per heavy atom. The van der Waals surface area contributed by atoms with Crippen molar-refractivity contribution < 1.29 is 9.59 Å². The van der Waals surface area contributed by atoms with Crippen LogP contribution in [-0.4, -0.2) is 34.7 Å². The molecule has 26 heavy (non-hydrogen) atoms. The molecule has 2 aromatic rings. The van der Waals surface area contributed by atoms with Crippen molar-refractivity contribution in [1.82, 2.24) is 9.80 Å². The molecule has 0 N–H and O–H groups in total. The second-order valence-corrected chi connectivity index (χ2v) is 7.45. The molecule has 0 bridgehead atoms. The summed E-state index contributed by atoms with van der Waals surface area (Å²) in [6.45, 7) is 2.31. The average molecular weight is 369 g/mol. The highest BCUT2D eigenvalue weighted by molar-refractivity contribution is 6.31. The van der Waals surface area contributed by atoms with E-state index in [-0.39, 0.29) is 17.7 Å². The van der Waals surface area contributed by atoms with E-state index in [0.717, 1.165) is 18.5 Å². The first-order valence-corrected chi connectivity index (χ1v) is 9.36. The van der Waals surface area contributed by atoms with Crippen LogP contribution >= 0.6 is 11.6 Å². The first-order chi connectivity index (χ1) is 12.6. The molecule has 0 aromatic heterocycles. The summed E-state index contributed by atoms with van der Waals surface area (Å²) in [5.41, 5.74) is 3.45. The lowest BCUT2D eigenvalue weighted by Crippen LogP contribution is -2.40. The molecule has 2 aromatic carbocycles. The number of carbonyl (C=O) groups is 2. The lowest BCUT2D eigenvalue weighted by Gasteiger charge is -2.30. The zero-order chi connectivity index (χ0) is 18.1. The average Bonchev–Trinajstić information content (AvgIpc) is 3.03. The van der Waals surface area contributed by atoms with Crippen LogP contribution in [0.3, 0.4) is 0 Å². The summed E-state index contributed by atoms with van der Waals surface area (Å²) in [6, 6.07) is 15.8. The van der Waals surface area contributed by atoms with Crippen LogP contribution < -0.4 is 0 Å². The molecule has 4 nitrogen and oxygen atoms in total. The number of fused-ring (bicyclic) bond motifs is 1. The van der Waals surface area contributed by atoms with Gasteiger partial charge in [-0.3, -0.25) is 9.59 Å². The molecular weight excluding hydrogens is 348 g/mol. The molecule has 1 saturated heterocycles. The molecule has 0 saturated carbocycles. The zero-order valence-electron chi connectivity index (χ0n) is 14.5. The number of rotatable bonds is 3. The Morgan fingerprint density at radius 2 is 1.81 bits per heavy atom. The molecule has 1 fully saturated rings. The summed E-state index contributed by atoms with van der Waals surface area (Å²) in [5.74, 6) is -0.134. The molecule has 2 aliphatic heterocycles. The van der Waals surface area contributed by atoms with Crippen LogP contribution in [0.25, 0.3) is 0 Å². The fraction of sp³-hybridized carbons (Fsp3) is 0.333. The highest BCUT2D eigenvalue weighted by Crippen LogP contribution is 2.27. The lowest BCUT2D eigenvalue weighted by atomic mass is 9.98. The quantitative estimate of drug-likeness (QED) is 0.834. The number of benzene rings is 2. The highest BCUT2D eigenvalue weighted by atomic mass is 35.5. The third-order valence-corrected chi connectivity index (χ3v) is 5.69. The van der Waals surface area contributed by atoms with Gasteiger partial charge in [0.1, 0.15) is 0 Å². The van der Waals surface area contributed by atoms with Crippen molar-refractivity contribution in [1.29, 1.82) is 0 Å². The van der Waals surface area contributed by atoms with Crippen molar-refractivity contribution in [3.05, 3.63) is 70.2 Å². The molecule has 0 aliphatic carbocycles. The molecule has 2 amide bonds. The van der Waals surface area contributed by atoms with E-state index in [0.29, 0.717) is 31.1 Å². The number of halogens is 1. The van der Waals surface area contributed by atoms with Gasteiger partial charge < -0.3 is 9.80 Å². The normalized spacial score (nSPS) is 19.6. The van der Waals surface area contributed by atoms with E-state index in [1.165, 1.54) is 11.1 Å². The number of hydrogen-bond donors (Lipinski definition) is 0. The van der Waals surface area contributed by atoms with Gasteiger partial charge in [0.05, 0.1) is 5.92 Å². The number of carbonyl (C=O) groups excluding carboxylic acids is 2. The van der Waals surface area contributed by atoms with E-state index in [1.54, 1.807) is 4.90 Å². The Labute approximate surface area is 158 Å². The van der Waals surface area contributed by atoms with Gasteiger partial charge in [-0.1, -0.05) is 54.1 Å². The summed E-state index contributed by atoms with van der Waals surface area (Å²) in [4.78, 5) is 29.0. The zero-order valence-corrected chi connectivity index (χ0v) is 15.3. The van der Waals surface area contributed by atoms with Crippen molar-refractivity contribution in [3.8, 4) is 0 Å². The molecule has 0 spiro atoms. The number of nitrogens with zero attached hydrogens (tertiary/aromatic N) is 2. The standard InChI is InChI=1S/C21H21ClN2O2/c22-19-8-4-3-7-17(19)13-24-14-18(11-20(24)25)21(26)23-10-9-15-5-1-2-6-16(15)12-23/h1-8,18H,9-14H2. The number of amides is 2. The number of hydrogen-bond acceptors (Lipinski definition) is 2. The van der Waals surface area contributed by atoms with Crippen LogP contribution in [0.5, 0.6) is 0 Å². The van der Waals surface area contributed by atoms with E-state index in [4.69, 9.17) is 11.6 Å². The summed E-state index contributed by atoms with van der Waals surface area (Å²) < 4.78 is 0. The topological polar surface area (TPSA) is 40.6 Å². The largest absolute Gasteiger partial charge is 0.338 e. The van der Waals surface area contributed by atoms with E-state index < -0.39 is 0 Å². The van der Waals surface area contributed by atoms with Crippen LogP contribution in [0.15, 0.2) is 48.5 Å². The molecule has 1 unspecified atom stereocenters. The Morgan fingerprint density at radius 1 is 1.08 bits per heavy atom. The minimum absolute atomic E-state index is 0.0284. The Bertz CT molecular complexity index is 851. The molecule has 134 valence electrons.